The van der Waals surface area contributed by atoms with Crippen molar-refractivity contribution in [3.05, 3.63) is 48.4 Å². The van der Waals surface area contributed by atoms with Crippen LogP contribution in [0, 0.1) is 11.7 Å². The van der Waals surface area contributed by atoms with E-state index in [-0.39, 0.29) is 17.3 Å². The van der Waals surface area contributed by atoms with Gasteiger partial charge in [-0.25, -0.2) is 14.4 Å². The number of likely N-dealkylation sites (tertiary alicyclic amines) is 2. The molecule has 0 saturated carbocycles. The normalized spacial score (nSPS) is 21.7. The standard InChI is InChI=1S/C19H22FN5O2/c1-24-8-4-14(11-27-17-15(20)3-2-5-23-17)9-19(24)12-25(13-19)18(26)16-10-21-6-7-22-16/h2-3,5-7,10,14H,4,8-9,11-13H2,1H3. The third-order valence-corrected chi connectivity index (χ3v) is 5.57. The van der Waals surface area contributed by atoms with E-state index in [1.54, 1.807) is 12.3 Å². The Hall–Kier alpha value is -2.61. The summed E-state index contributed by atoms with van der Waals surface area (Å²) in [6.45, 7) is 2.67. The van der Waals surface area contributed by atoms with Crippen LogP contribution in [-0.4, -0.2) is 69.5 Å². The lowest BCUT2D eigenvalue weighted by Crippen LogP contribution is -2.72. The van der Waals surface area contributed by atoms with E-state index < -0.39 is 5.82 Å². The molecule has 1 amide bonds. The van der Waals surface area contributed by atoms with Gasteiger partial charge in [-0.3, -0.25) is 14.7 Å². The highest BCUT2D eigenvalue weighted by atomic mass is 19.1. The molecular weight excluding hydrogens is 349 g/mol. The second-order valence-electron chi connectivity index (χ2n) is 7.36. The summed E-state index contributed by atoms with van der Waals surface area (Å²) in [6, 6.07) is 2.89. The molecule has 2 fully saturated rings. The van der Waals surface area contributed by atoms with Crippen LogP contribution in [-0.2, 0) is 0 Å². The maximum atomic E-state index is 13.7. The van der Waals surface area contributed by atoms with Crippen LogP contribution in [0.5, 0.6) is 5.88 Å². The quantitative estimate of drug-likeness (QED) is 0.814. The second-order valence-corrected chi connectivity index (χ2v) is 7.36. The molecular formula is C19H22FN5O2. The fraction of sp³-hybridized carbons (Fsp3) is 0.474. The van der Waals surface area contributed by atoms with Crippen molar-refractivity contribution in [3.63, 3.8) is 0 Å². The van der Waals surface area contributed by atoms with Gasteiger partial charge in [-0.05, 0) is 44.5 Å². The van der Waals surface area contributed by atoms with E-state index in [2.05, 4.69) is 26.9 Å². The molecule has 2 saturated heterocycles. The molecule has 4 heterocycles. The molecule has 0 aliphatic carbocycles. The van der Waals surface area contributed by atoms with Crippen LogP contribution in [0.15, 0.2) is 36.9 Å². The van der Waals surface area contributed by atoms with Crippen molar-refractivity contribution in [1.82, 2.24) is 24.8 Å². The average molecular weight is 371 g/mol. The average Bonchev–Trinajstić information content (AvgIpc) is 2.67. The van der Waals surface area contributed by atoms with Gasteiger partial charge in [0.2, 0.25) is 5.88 Å². The Morgan fingerprint density at radius 3 is 2.93 bits per heavy atom. The topological polar surface area (TPSA) is 71.5 Å². The summed E-state index contributed by atoms with van der Waals surface area (Å²) in [5, 5.41) is 0. The predicted octanol–water partition coefficient (Wildman–Crippen LogP) is 1.63. The van der Waals surface area contributed by atoms with E-state index in [0.29, 0.717) is 31.3 Å². The van der Waals surface area contributed by atoms with E-state index in [1.165, 1.54) is 24.7 Å². The minimum atomic E-state index is -0.440. The zero-order valence-corrected chi connectivity index (χ0v) is 15.2. The monoisotopic (exact) mass is 371 g/mol. The predicted molar refractivity (Wildman–Crippen MR) is 95.7 cm³/mol. The van der Waals surface area contributed by atoms with Gasteiger partial charge in [-0.15, -0.1) is 0 Å². The number of carbonyl (C=O) groups is 1. The van der Waals surface area contributed by atoms with Crippen molar-refractivity contribution in [2.24, 2.45) is 5.92 Å². The molecule has 2 aromatic heterocycles. The van der Waals surface area contributed by atoms with Crippen molar-refractivity contribution in [2.45, 2.75) is 18.4 Å². The van der Waals surface area contributed by atoms with Crippen molar-refractivity contribution >= 4 is 5.91 Å². The number of carbonyl (C=O) groups excluding carboxylic acids is 1. The molecule has 1 atom stereocenters. The van der Waals surface area contributed by atoms with Gasteiger partial charge < -0.3 is 9.64 Å². The summed E-state index contributed by atoms with van der Waals surface area (Å²) in [5.41, 5.74) is 0.323. The van der Waals surface area contributed by atoms with Gasteiger partial charge in [0, 0.05) is 31.7 Å². The number of aromatic nitrogens is 3. The maximum absolute atomic E-state index is 13.7. The number of ether oxygens (including phenoxy) is 1. The first-order valence-electron chi connectivity index (χ1n) is 9.07. The van der Waals surface area contributed by atoms with Crippen LogP contribution in [0.1, 0.15) is 23.3 Å². The number of hydrogen-bond donors (Lipinski definition) is 0. The number of rotatable bonds is 4. The molecule has 2 aliphatic rings. The summed E-state index contributed by atoms with van der Waals surface area (Å²) < 4.78 is 19.3. The molecule has 1 unspecified atom stereocenters. The van der Waals surface area contributed by atoms with Gasteiger partial charge in [0.1, 0.15) is 5.69 Å². The highest BCUT2D eigenvalue weighted by molar-refractivity contribution is 5.92. The summed E-state index contributed by atoms with van der Waals surface area (Å²) >= 11 is 0. The van der Waals surface area contributed by atoms with E-state index in [9.17, 15) is 9.18 Å². The molecule has 4 rings (SSSR count). The van der Waals surface area contributed by atoms with Crippen LogP contribution >= 0.6 is 0 Å². The van der Waals surface area contributed by atoms with Crippen molar-refractivity contribution in [3.8, 4) is 5.88 Å². The third kappa shape index (κ3) is 3.49. The molecule has 0 radical (unpaired) electrons. The third-order valence-electron chi connectivity index (χ3n) is 5.57. The number of likely N-dealkylation sites (N-methyl/N-ethyl adjacent to an activating group) is 1. The molecule has 2 aromatic rings. The van der Waals surface area contributed by atoms with E-state index in [1.807, 2.05) is 4.90 Å². The molecule has 1 spiro atoms. The Morgan fingerprint density at radius 2 is 2.19 bits per heavy atom. The van der Waals surface area contributed by atoms with Gasteiger partial charge in [-0.2, -0.15) is 0 Å². The van der Waals surface area contributed by atoms with Gasteiger partial charge in [0.25, 0.3) is 5.91 Å². The first-order chi connectivity index (χ1) is 13.1. The zero-order valence-electron chi connectivity index (χ0n) is 15.2. The first-order valence-corrected chi connectivity index (χ1v) is 9.07. The van der Waals surface area contributed by atoms with Crippen LogP contribution in [0.2, 0.25) is 0 Å². The lowest BCUT2D eigenvalue weighted by molar-refractivity contribution is -0.0698. The number of amides is 1. The lowest BCUT2D eigenvalue weighted by Gasteiger charge is -2.58. The summed E-state index contributed by atoms with van der Waals surface area (Å²) in [6.07, 6.45) is 7.98. The van der Waals surface area contributed by atoms with Crippen molar-refractivity contribution < 1.29 is 13.9 Å². The zero-order chi connectivity index (χ0) is 18.9. The Bertz CT molecular complexity index is 813. The Balaban J connectivity index is 1.36. The van der Waals surface area contributed by atoms with Crippen LogP contribution < -0.4 is 4.74 Å². The minimum absolute atomic E-state index is 0.0488. The van der Waals surface area contributed by atoms with Crippen LogP contribution in [0.4, 0.5) is 4.39 Å². The SMILES string of the molecule is CN1CCC(COc2ncccc2F)CC12CN(C(=O)c1cnccn1)C2. The molecule has 7 nitrogen and oxygen atoms in total. The Labute approximate surface area is 157 Å². The number of hydrogen-bond acceptors (Lipinski definition) is 6. The molecule has 0 bridgehead atoms. The highest BCUT2D eigenvalue weighted by Gasteiger charge is 2.51. The summed E-state index contributed by atoms with van der Waals surface area (Å²) in [5.74, 6) is -0.171. The highest BCUT2D eigenvalue weighted by Crippen LogP contribution is 2.38. The fourth-order valence-corrected chi connectivity index (χ4v) is 3.97. The number of nitrogens with zero attached hydrogens (tertiary/aromatic N) is 5. The van der Waals surface area contributed by atoms with E-state index in [0.717, 1.165) is 19.4 Å². The molecule has 2 aliphatic heterocycles. The Morgan fingerprint density at radius 1 is 1.33 bits per heavy atom. The number of halogens is 1. The fourth-order valence-electron chi connectivity index (χ4n) is 3.97. The van der Waals surface area contributed by atoms with Crippen LogP contribution in [0.25, 0.3) is 0 Å². The maximum Gasteiger partial charge on any atom is 0.274 e. The second kappa shape index (κ2) is 7.19. The molecule has 142 valence electrons. The summed E-state index contributed by atoms with van der Waals surface area (Å²) in [4.78, 5) is 28.7. The van der Waals surface area contributed by atoms with Crippen molar-refractivity contribution in [1.29, 1.82) is 0 Å². The van der Waals surface area contributed by atoms with Gasteiger partial charge in [0.05, 0.1) is 18.3 Å². The summed E-state index contributed by atoms with van der Waals surface area (Å²) in [7, 11) is 2.10. The van der Waals surface area contributed by atoms with Crippen LogP contribution in [0.3, 0.4) is 0 Å². The molecule has 0 aromatic carbocycles. The van der Waals surface area contributed by atoms with Crippen molar-refractivity contribution in [2.75, 3.05) is 33.3 Å². The van der Waals surface area contributed by atoms with Gasteiger partial charge in [0.15, 0.2) is 5.82 Å². The molecule has 27 heavy (non-hydrogen) atoms. The lowest BCUT2D eigenvalue weighted by atomic mass is 9.75. The van der Waals surface area contributed by atoms with E-state index in [4.69, 9.17) is 4.74 Å². The number of piperidine rings is 1. The smallest absolute Gasteiger partial charge is 0.274 e. The number of pyridine rings is 1. The van der Waals surface area contributed by atoms with Gasteiger partial charge in [-0.1, -0.05) is 0 Å². The largest absolute Gasteiger partial charge is 0.475 e. The van der Waals surface area contributed by atoms with E-state index >= 15 is 0 Å². The first kappa shape index (κ1) is 17.8. The Kier molecular flexibility index (Phi) is 4.73. The molecule has 0 N–H and O–H groups in total. The molecule has 8 heteroatoms. The van der Waals surface area contributed by atoms with Gasteiger partial charge >= 0.3 is 0 Å². The minimum Gasteiger partial charge on any atom is -0.475 e.